The quantitative estimate of drug-likeness (QED) is 0.0863. The van der Waals surface area contributed by atoms with Gasteiger partial charge in [0.05, 0.1) is 5.41 Å². The summed E-state index contributed by atoms with van der Waals surface area (Å²) >= 11 is 0. The molecule has 1 N–H and O–H groups in total. The predicted molar refractivity (Wildman–Crippen MR) is 165 cm³/mol. The molecule has 2 heteroatoms. The summed E-state index contributed by atoms with van der Waals surface area (Å²) < 4.78 is 0. The molecule has 0 saturated carbocycles. The number of hydrogen-bond acceptors (Lipinski definition) is 1. The molecule has 0 aromatic rings. The highest BCUT2D eigenvalue weighted by atomic mass is 16.4. The van der Waals surface area contributed by atoms with Crippen molar-refractivity contribution in [1.82, 2.24) is 0 Å². The number of hydrogen-bond donors (Lipinski definition) is 1. The topological polar surface area (TPSA) is 37.3 Å². The maximum Gasteiger partial charge on any atom is 0.309 e. The molecule has 0 radical (unpaired) electrons. The largest absolute Gasteiger partial charge is 0.481 e. The van der Waals surface area contributed by atoms with Gasteiger partial charge < -0.3 is 5.11 Å². The summed E-state index contributed by atoms with van der Waals surface area (Å²) in [6.07, 6.45) is 32.8. The minimum Gasteiger partial charge on any atom is -0.481 e. The Hall–Kier alpha value is -0.790. The van der Waals surface area contributed by atoms with Crippen LogP contribution in [0.15, 0.2) is 12.2 Å². The molecule has 0 bridgehead atoms. The number of rotatable bonds is 27. The van der Waals surface area contributed by atoms with Crippen LogP contribution < -0.4 is 0 Å². The third-order valence-corrected chi connectivity index (χ3v) is 8.47. The number of carboxylic acid groups (broad SMARTS) is 1. The van der Waals surface area contributed by atoms with E-state index >= 15 is 0 Å². The van der Waals surface area contributed by atoms with Crippen molar-refractivity contribution in [3.63, 3.8) is 0 Å². The lowest BCUT2D eigenvalue weighted by atomic mass is 9.75. The lowest BCUT2D eigenvalue weighted by Crippen LogP contribution is -2.30. The Morgan fingerprint density at radius 1 is 0.649 bits per heavy atom. The van der Waals surface area contributed by atoms with Gasteiger partial charge in [-0.3, -0.25) is 4.79 Å². The van der Waals surface area contributed by atoms with Crippen molar-refractivity contribution >= 4 is 5.97 Å². The summed E-state index contributed by atoms with van der Waals surface area (Å²) in [5, 5.41) is 9.83. The lowest BCUT2D eigenvalue weighted by Gasteiger charge is -2.30. The zero-order valence-corrected chi connectivity index (χ0v) is 26.3. The van der Waals surface area contributed by atoms with Crippen LogP contribution in [0.25, 0.3) is 0 Å². The summed E-state index contributed by atoms with van der Waals surface area (Å²) in [6, 6.07) is 0. The second kappa shape index (κ2) is 24.3. The van der Waals surface area contributed by atoms with Crippen LogP contribution in [0.3, 0.4) is 0 Å². The molecule has 4 atom stereocenters. The average Bonchev–Trinajstić information content (AvgIpc) is 2.83. The highest BCUT2D eigenvalue weighted by Crippen LogP contribution is 2.35. The Labute approximate surface area is 233 Å². The zero-order valence-electron chi connectivity index (χ0n) is 26.3. The van der Waals surface area contributed by atoms with Gasteiger partial charge in [0, 0.05) is 0 Å². The Balaban J connectivity index is 3.78. The molecule has 37 heavy (non-hydrogen) atoms. The maximum absolute atomic E-state index is 11.9. The van der Waals surface area contributed by atoms with E-state index in [4.69, 9.17) is 0 Å². The monoisotopic (exact) mass is 521 g/mol. The van der Waals surface area contributed by atoms with Crippen molar-refractivity contribution < 1.29 is 9.90 Å². The van der Waals surface area contributed by atoms with Crippen molar-refractivity contribution in [3.8, 4) is 0 Å². The number of allylic oxidation sites excluding steroid dienone is 2. The molecule has 0 saturated heterocycles. The molecule has 0 aromatic carbocycles. The number of carboxylic acids is 1. The molecule has 0 aliphatic rings. The van der Waals surface area contributed by atoms with E-state index in [9.17, 15) is 9.90 Å². The first-order valence-corrected chi connectivity index (χ1v) is 16.6. The standard InChI is InChI=1S/C35H68O2/c1-7-9-11-12-13-14-15-16-17-18-19-20-21-22-23-24-26-31(3)28-32(4)29-33(5)30-35(6,34(36)37)27-25-10-8-2/h16-17,31-33H,7-15,18-30H2,1-6H3,(H,36,37)/b17-16-. The van der Waals surface area contributed by atoms with Gasteiger partial charge in [0.1, 0.15) is 0 Å². The molecule has 0 spiro atoms. The van der Waals surface area contributed by atoms with Crippen LogP contribution in [0.4, 0.5) is 0 Å². The van der Waals surface area contributed by atoms with Gasteiger partial charge in [-0.1, -0.05) is 137 Å². The molecular formula is C35H68O2. The first-order valence-electron chi connectivity index (χ1n) is 16.6. The second-order valence-corrected chi connectivity index (χ2v) is 13.0. The molecule has 0 rings (SSSR count). The molecule has 220 valence electrons. The fourth-order valence-electron chi connectivity index (χ4n) is 6.24. The SMILES string of the molecule is CCCCCCCC/C=C\CCCCCCCCC(C)CC(C)CC(C)CC(C)(CCCCC)C(=O)O. The van der Waals surface area contributed by atoms with Crippen LogP contribution in [0.5, 0.6) is 0 Å². The lowest BCUT2D eigenvalue weighted by molar-refractivity contribution is -0.149. The molecule has 4 unspecified atom stereocenters. The maximum atomic E-state index is 11.9. The molecule has 0 amide bonds. The van der Waals surface area contributed by atoms with E-state index in [2.05, 4.69) is 46.8 Å². The van der Waals surface area contributed by atoms with Crippen LogP contribution in [0.2, 0.25) is 0 Å². The van der Waals surface area contributed by atoms with Gasteiger partial charge in [0.15, 0.2) is 0 Å². The van der Waals surface area contributed by atoms with Crippen molar-refractivity contribution in [2.45, 2.75) is 183 Å². The van der Waals surface area contributed by atoms with Gasteiger partial charge in [-0.15, -0.1) is 0 Å². The van der Waals surface area contributed by atoms with Gasteiger partial charge in [0.25, 0.3) is 0 Å². The first kappa shape index (κ1) is 36.2. The molecule has 0 aliphatic heterocycles. The van der Waals surface area contributed by atoms with E-state index in [-0.39, 0.29) is 0 Å². The Bertz CT molecular complexity index is 539. The van der Waals surface area contributed by atoms with Crippen LogP contribution in [0.1, 0.15) is 183 Å². The van der Waals surface area contributed by atoms with E-state index in [1.54, 1.807) is 0 Å². The molecular weight excluding hydrogens is 452 g/mol. The molecule has 0 aromatic heterocycles. The third kappa shape index (κ3) is 21.8. The zero-order chi connectivity index (χ0) is 27.8. The average molecular weight is 521 g/mol. The summed E-state index contributed by atoms with van der Waals surface area (Å²) in [5.41, 5.74) is -0.552. The Morgan fingerprint density at radius 2 is 1.11 bits per heavy atom. The van der Waals surface area contributed by atoms with Crippen LogP contribution in [-0.2, 0) is 4.79 Å². The van der Waals surface area contributed by atoms with Crippen LogP contribution >= 0.6 is 0 Å². The first-order chi connectivity index (χ1) is 17.7. The Kier molecular flexibility index (Phi) is 23.7. The number of unbranched alkanes of at least 4 members (excludes halogenated alkanes) is 14. The molecule has 0 heterocycles. The minimum atomic E-state index is -0.601. The van der Waals surface area contributed by atoms with Gasteiger partial charge in [-0.05, 0) is 76.0 Å². The van der Waals surface area contributed by atoms with Crippen molar-refractivity contribution in [1.29, 1.82) is 0 Å². The van der Waals surface area contributed by atoms with E-state index < -0.39 is 11.4 Å². The van der Waals surface area contributed by atoms with E-state index in [1.807, 2.05) is 6.92 Å². The second-order valence-electron chi connectivity index (χ2n) is 13.0. The molecule has 2 nitrogen and oxygen atoms in total. The van der Waals surface area contributed by atoms with Crippen LogP contribution in [0, 0.1) is 23.2 Å². The number of carbonyl (C=O) groups is 1. The normalized spacial score (nSPS) is 16.1. The fourth-order valence-corrected chi connectivity index (χ4v) is 6.24. The summed E-state index contributed by atoms with van der Waals surface area (Å²) in [7, 11) is 0. The van der Waals surface area contributed by atoms with E-state index in [0.717, 1.165) is 44.4 Å². The third-order valence-electron chi connectivity index (χ3n) is 8.47. The summed E-state index contributed by atoms with van der Waals surface area (Å²) in [6.45, 7) is 13.5. The van der Waals surface area contributed by atoms with Gasteiger partial charge in [-0.2, -0.15) is 0 Å². The van der Waals surface area contributed by atoms with Crippen molar-refractivity contribution in [2.75, 3.05) is 0 Å². The van der Waals surface area contributed by atoms with Gasteiger partial charge in [-0.25, -0.2) is 0 Å². The summed E-state index contributed by atoms with van der Waals surface area (Å²) in [4.78, 5) is 11.9. The van der Waals surface area contributed by atoms with Gasteiger partial charge in [0.2, 0.25) is 0 Å². The molecule has 0 fully saturated rings. The van der Waals surface area contributed by atoms with Gasteiger partial charge >= 0.3 is 5.97 Å². The number of aliphatic carboxylic acids is 1. The predicted octanol–water partition coefficient (Wildman–Crippen LogP) is 12.2. The summed E-state index contributed by atoms with van der Waals surface area (Å²) in [5.74, 6) is 1.36. The van der Waals surface area contributed by atoms with Crippen molar-refractivity contribution in [3.05, 3.63) is 12.2 Å². The minimum absolute atomic E-state index is 0.482. The van der Waals surface area contributed by atoms with E-state index in [0.29, 0.717) is 11.8 Å². The highest BCUT2D eigenvalue weighted by molar-refractivity contribution is 5.74. The molecule has 0 aliphatic carbocycles. The van der Waals surface area contributed by atoms with E-state index in [1.165, 1.54) is 103 Å². The highest BCUT2D eigenvalue weighted by Gasteiger charge is 2.34. The smallest absolute Gasteiger partial charge is 0.309 e. The van der Waals surface area contributed by atoms with Crippen LogP contribution in [-0.4, -0.2) is 11.1 Å². The Morgan fingerprint density at radius 3 is 1.65 bits per heavy atom. The van der Waals surface area contributed by atoms with Crippen molar-refractivity contribution in [2.24, 2.45) is 23.2 Å². The fraction of sp³-hybridized carbons (Fsp3) is 0.914.